The molecular weight excluding hydrogens is 389 g/mol. The summed E-state index contributed by atoms with van der Waals surface area (Å²) in [6, 6.07) is 12.6. The van der Waals surface area contributed by atoms with Gasteiger partial charge >= 0.3 is 0 Å². The molecule has 0 radical (unpaired) electrons. The zero-order valence-electron chi connectivity index (χ0n) is 15.3. The second kappa shape index (κ2) is 11.0. The van der Waals surface area contributed by atoms with Crippen molar-refractivity contribution in [2.24, 2.45) is 0 Å². The first-order valence-electron chi connectivity index (χ1n) is 8.59. The third-order valence-corrected chi connectivity index (χ3v) is 4.31. The van der Waals surface area contributed by atoms with E-state index in [1.54, 1.807) is 32.2 Å². The Balaban J connectivity index is 1.64. The van der Waals surface area contributed by atoms with Crippen LogP contribution in [0.3, 0.4) is 0 Å². The normalized spacial score (nSPS) is 11.7. The molecular formula is C20H23Cl2NO4. The maximum absolute atomic E-state index is 12.1. The molecule has 1 amide bonds. The third kappa shape index (κ3) is 7.29. The van der Waals surface area contributed by atoms with E-state index in [9.17, 15) is 4.79 Å². The van der Waals surface area contributed by atoms with Crippen LogP contribution in [0.5, 0.6) is 11.5 Å². The second-order valence-electron chi connectivity index (χ2n) is 5.87. The van der Waals surface area contributed by atoms with Crippen LogP contribution in [0.1, 0.15) is 18.9 Å². The number of benzene rings is 2. The minimum atomic E-state index is -0.553. The molecule has 0 aliphatic carbocycles. The van der Waals surface area contributed by atoms with E-state index in [0.29, 0.717) is 42.0 Å². The van der Waals surface area contributed by atoms with Gasteiger partial charge in [0.25, 0.3) is 0 Å². The highest BCUT2D eigenvalue weighted by molar-refractivity contribution is 6.35. The number of carbonyl (C=O) groups excluding carboxylic acids is 1. The Bertz CT molecular complexity index is 755. The Morgan fingerprint density at radius 3 is 2.74 bits per heavy atom. The molecule has 0 aliphatic rings. The predicted molar refractivity (Wildman–Crippen MR) is 107 cm³/mol. The van der Waals surface area contributed by atoms with Crippen molar-refractivity contribution in [3.63, 3.8) is 0 Å². The zero-order valence-corrected chi connectivity index (χ0v) is 16.8. The van der Waals surface area contributed by atoms with Gasteiger partial charge in [0.1, 0.15) is 17.6 Å². The van der Waals surface area contributed by atoms with Crippen molar-refractivity contribution in [3.8, 4) is 11.5 Å². The van der Waals surface area contributed by atoms with Crippen LogP contribution in [0.15, 0.2) is 42.5 Å². The van der Waals surface area contributed by atoms with Crippen LogP contribution in [0.4, 0.5) is 0 Å². The first-order chi connectivity index (χ1) is 13.0. The third-order valence-electron chi connectivity index (χ3n) is 3.78. The molecule has 0 aliphatic heterocycles. The average molecular weight is 412 g/mol. The number of halogens is 2. The van der Waals surface area contributed by atoms with E-state index >= 15 is 0 Å². The fourth-order valence-corrected chi connectivity index (χ4v) is 2.72. The first-order valence-corrected chi connectivity index (χ1v) is 9.35. The smallest absolute Gasteiger partial charge is 0.248 e. The second-order valence-corrected chi connectivity index (χ2v) is 6.72. The SMILES string of the molecule is COc1cccc(COC(C)C(=O)NCCCOc2ccc(Cl)cc2Cl)c1. The van der Waals surface area contributed by atoms with Gasteiger partial charge in [-0.2, -0.15) is 0 Å². The highest BCUT2D eigenvalue weighted by Crippen LogP contribution is 2.27. The van der Waals surface area contributed by atoms with Crippen LogP contribution < -0.4 is 14.8 Å². The number of hydrogen-bond donors (Lipinski definition) is 1. The van der Waals surface area contributed by atoms with Gasteiger partial charge in [-0.05, 0) is 49.2 Å². The largest absolute Gasteiger partial charge is 0.497 e. The zero-order chi connectivity index (χ0) is 19.6. The van der Waals surface area contributed by atoms with Gasteiger partial charge in [-0.3, -0.25) is 4.79 Å². The first kappa shape index (κ1) is 21.4. The number of hydrogen-bond acceptors (Lipinski definition) is 4. The quantitative estimate of drug-likeness (QED) is 0.585. The van der Waals surface area contributed by atoms with Crippen molar-refractivity contribution < 1.29 is 19.0 Å². The summed E-state index contributed by atoms with van der Waals surface area (Å²) in [6.45, 7) is 2.97. The summed E-state index contributed by atoms with van der Waals surface area (Å²) in [7, 11) is 1.61. The lowest BCUT2D eigenvalue weighted by Gasteiger charge is -2.14. The van der Waals surface area contributed by atoms with Crippen LogP contribution in [0.2, 0.25) is 10.0 Å². The van der Waals surface area contributed by atoms with Crippen molar-refractivity contribution in [1.82, 2.24) is 5.32 Å². The summed E-state index contributed by atoms with van der Waals surface area (Å²) >= 11 is 11.9. The molecule has 1 atom stereocenters. The van der Waals surface area contributed by atoms with Gasteiger partial charge in [0, 0.05) is 11.6 Å². The van der Waals surface area contributed by atoms with Gasteiger partial charge in [-0.1, -0.05) is 35.3 Å². The minimum Gasteiger partial charge on any atom is -0.497 e. The van der Waals surface area contributed by atoms with E-state index < -0.39 is 6.10 Å². The lowest BCUT2D eigenvalue weighted by atomic mass is 10.2. The number of nitrogens with one attached hydrogen (secondary N) is 1. The fraction of sp³-hybridized carbons (Fsp3) is 0.350. The Morgan fingerprint density at radius 1 is 1.19 bits per heavy atom. The van der Waals surface area contributed by atoms with Gasteiger partial charge in [-0.25, -0.2) is 0 Å². The van der Waals surface area contributed by atoms with E-state index in [0.717, 1.165) is 11.3 Å². The molecule has 0 heterocycles. The van der Waals surface area contributed by atoms with Gasteiger partial charge in [0.15, 0.2) is 0 Å². The molecule has 0 aromatic heterocycles. The molecule has 0 spiro atoms. The lowest BCUT2D eigenvalue weighted by Crippen LogP contribution is -2.35. The molecule has 5 nitrogen and oxygen atoms in total. The van der Waals surface area contributed by atoms with Gasteiger partial charge in [0.2, 0.25) is 5.91 Å². The standard InChI is InChI=1S/C20H23Cl2NO4/c1-14(27-13-15-5-3-6-17(11-15)25-2)20(24)23-9-4-10-26-19-8-7-16(21)12-18(19)22/h3,5-8,11-12,14H,4,9-10,13H2,1-2H3,(H,23,24). The molecule has 2 rings (SSSR count). The Morgan fingerprint density at radius 2 is 2.00 bits per heavy atom. The molecule has 0 fully saturated rings. The molecule has 1 unspecified atom stereocenters. The minimum absolute atomic E-state index is 0.164. The molecule has 1 N–H and O–H groups in total. The van der Waals surface area contributed by atoms with Crippen molar-refractivity contribution in [3.05, 3.63) is 58.1 Å². The monoisotopic (exact) mass is 411 g/mol. The number of rotatable bonds is 10. The van der Waals surface area contributed by atoms with E-state index in [2.05, 4.69) is 5.32 Å². The number of methoxy groups -OCH3 is 1. The summed E-state index contributed by atoms with van der Waals surface area (Å²) in [6.07, 6.45) is 0.0932. The van der Waals surface area contributed by atoms with Crippen LogP contribution >= 0.6 is 23.2 Å². The summed E-state index contributed by atoms with van der Waals surface area (Å²) in [4.78, 5) is 12.1. The van der Waals surface area contributed by atoms with Crippen molar-refractivity contribution in [2.75, 3.05) is 20.3 Å². The summed E-state index contributed by atoms with van der Waals surface area (Å²) in [5.74, 6) is 1.17. The van der Waals surface area contributed by atoms with E-state index in [1.807, 2.05) is 24.3 Å². The number of carbonyl (C=O) groups is 1. The van der Waals surface area contributed by atoms with Crippen molar-refractivity contribution in [2.45, 2.75) is 26.1 Å². The fourth-order valence-electron chi connectivity index (χ4n) is 2.26. The highest BCUT2D eigenvalue weighted by atomic mass is 35.5. The molecule has 0 saturated heterocycles. The van der Waals surface area contributed by atoms with Crippen molar-refractivity contribution >= 4 is 29.1 Å². The maximum atomic E-state index is 12.1. The van der Waals surface area contributed by atoms with Crippen LogP contribution in [0.25, 0.3) is 0 Å². The van der Waals surface area contributed by atoms with Crippen molar-refractivity contribution in [1.29, 1.82) is 0 Å². The predicted octanol–water partition coefficient (Wildman–Crippen LogP) is 4.49. The molecule has 27 heavy (non-hydrogen) atoms. The summed E-state index contributed by atoms with van der Waals surface area (Å²) in [5, 5.41) is 3.85. The summed E-state index contributed by atoms with van der Waals surface area (Å²) < 4.78 is 16.4. The van der Waals surface area contributed by atoms with Gasteiger partial charge in [0.05, 0.1) is 25.3 Å². The highest BCUT2D eigenvalue weighted by Gasteiger charge is 2.13. The Hall–Kier alpha value is -1.95. The molecule has 0 saturated carbocycles. The van der Waals surface area contributed by atoms with Gasteiger partial charge < -0.3 is 19.5 Å². The average Bonchev–Trinajstić information content (AvgIpc) is 2.67. The van der Waals surface area contributed by atoms with Crippen LogP contribution in [-0.2, 0) is 16.1 Å². The van der Waals surface area contributed by atoms with E-state index in [4.69, 9.17) is 37.4 Å². The molecule has 2 aromatic rings. The molecule has 146 valence electrons. The molecule has 0 bridgehead atoms. The summed E-state index contributed by atoms with van der Waals surface area (Å²) in [5.41, 5.74) is 0.947. The topological polar surface area (TPSA) is 56.8 Å². The van der Waals surface area contributed by atoms with Gasteiger partial charge in [-0.15, -0.1) is 0 Å². The van der Waals surface area contributed by atoms with Crippen LogP contribution in [0, 0.1) is 0 Å². The molecule has 2 aromatic carbocycles. The lowest BCUT2D eigenvalue weighted by molar-refractivity contribution is -0.132. The van der Waals surface area contributed by atoms with E-state index in [1.165, 1.54) is 0 Å². The van der Waals surface area contributed by atoms with Crippen LogP contribution in [-0.4, -0.2) is 32.3 Å². The Labute approximate surface area is 169 Å². The van der Waals surface area contributed by atoms with E-state index in [-0.39, 0.29) is 5.91 Å². The number of amides is 1. The maximum Gasteiger partial charge on any atom is 0.248 e. The Kier molecular flexibility index (Phi) is 8.72. The number of ether oxygens (including phenoxy) is 3. The molecule has 7 heteroatoms.